The third-order valence-corrected chi connectivity index (χ3v) is 1.87. The maximum Gasteiger partial charge on any atom is 0.159 e. The maximum atomic E-state index is 11.1. The highest BCUT2D eigenvalue weighted by molar-refractivity contribution is 5.94. The Balaban J connectivity index is 2.65. The van der Waals surface area contributed by atoms with Gasteiger partial charge in [-0.15, -0.1) is 12.3 Å². The zero-order valence-electron chi connectivity index (χ0n) is 8.21. The molecule has 0 amide bonds. The number of rotatable bonds is 4. The highest BCUT2D eigenvalue weighted by atomic mass is 16.1. The van der Waals surface area contributed by atoms with Gasteiger partial charge in [0, 0.05) is 24.2 Å². The van der Waals surface area contributed by atoms with Crippen LogP contribution in [0.15, 0.2) is 24.3 Å². The van der Waals surface area contributed by atoms with Gasteiger partial charge < -0.3 is 5.32 Å². The summed E-state index contributed by atoms with van der Waals surface area (Å²) in [6.07, 6.45) is 5.81. The Labute approximate surface area is 84.3 Å². The van der Waals surface area contributed by atoms with Gasteiger partial charge in [-0.1, -0.05) is 12.1 Å². The van der Waals surface area contributed by atoms with Crippen LogP contribution < -0.4 is 5.32 Å². The van der Waals surface area contributed by atoms with Crippen molar-refractivity contribution in [2.75, 3.05) is 11.9 Å². The third-order valence-electron chi connectivity index (χ3n) is 1.87. The lowest BCUT2D eigenvalue weighted by Crippen LogP contribution is -2.01. The molecule has 72 valence electrons. The molecule has 0 spiro atoms. The van der Waals surface area contributed by atoms with Crippen molar-refractivity contribution in [1.29, 1.82) is 0 Å². The molecule has 14 heavy (non-hydrogen) atoms. The molecule has 0 bridgehead atoms. The molecule has 0 aromatic heterocycles. The van der Waals surface area contributed by atoms with Crippen LogP contribution >= 0.6 is 0 Å². The molecule has 0 unspecified atom stereocenters. The summed E-state index contributed by atoms with van der Waals surface area (Å²) in [6.45, 7) is 2.29. The Bertz CT molecular complexity index is 363. The van der Waals surface area contributed by atoms with Gasteiger partial charge in [-0.2, -0.15) is 0 Å². The number of carbonyl (C=O) groups excluding carboxylic acids is 1. The lowest BCUT2D eigenvalue weighted by molar-refractivity contribution is 0.101. The quantitative estimate of drug-likeness (QED) is 0.445. The van der Waals surface area contributed by atoms with Crippen LogP contribution in [0.4, 0.5) is 5.69 Å². The summed E-state index contributed by atoms with van der Waals surface area (Å²) in [5.41, 5.74) is 1.66. The molecule has 0 aliphatic rings. The Kier molecular flexibility index (Phi) is 3.75. The Hall–Kier alpha value is -1.75. The van der Waals surface area contributed by atoms with E-state index >= 15 is 0 Å². The van der Waals surface area contributed by atoms with E-state index in [1.807, 2.05) is 18.2 Å². The number of hydrogen-bond donors (Lipinski definition) is 1. The first-order valence-electron chi connectivity index (χ1n) is 4.52. The third kappa shape index (κ3) is 2.95. The van der Waals surface area contributed by atoms with E-state index in [-0.39, 0.29) is 5.78 Å². The first kappa shape index (κ1) is 10.3. The number of nitrogens with one attached hydrogen (secondary N) is 1. The zero-order valence-corrected chi connectivity index (χ0v) is 8.21. The number of benzene rings is 1. The van der Waals surface area contributed by atoms with Gasteiger partial charge in [0.1, 0.15) is 0 Å². The first-order chi connectivity index (χ1) is 6.74. The monoisotopic (exact) mass is 187 g/mol. The number of terminal acetylenes is 1. The van der Waals surface area contributed by atoms with Gasteiger partial charge in [-0.25, -0.2) is 0 Å². The van der Waals surface area contributed by atoms with E-state index in [1.54, 1.807) is 13.0 Å². The summed E-state index contributed by atoms with van der Waals surface area (Å²) in [6, 6.07) is 7.41. The van der Waals surface area contributed by atoms with Crippen LogP contribution in [0.25, 0.3) is 0 Å². The number of hydrogen-bond acceptors (Lipinski definition) is 2. The predicted octanol–water partition coefficient (Wildman–Crippen LogP) is 2.32. The molecule has 2 nitrogen and oxygen atoms in total. The molecule has 0 aliphatic carbocycles. The van der Waals surface area contributed by atoms with Gasteiger partial charge in [-0.3, -0.25) is 4.79 Å². The molecular weight excluding hydrogens is 174 g/mol. The van der Waals surface area contributed by atoms with Crippen molar-refractivity contribution >= 4 is 11.5 Å². The van der Waals surface area contributed by atoms with E-state index in [1.165, 1.54) is 0 Å². The van der Waals surface area contributed by atoms with Crippen LogP contribution in [0.1, 0.15) is 23.7 Å². The molecule has 0 heterocycles. The average molecular weight is 187 g/mol. The largest absolute Gasteiger partial charge is 0.384 e. The van der Waals surface area contributed by atoms with Gasteiger partial charge >= 0.3 is 0 Å². The minimum atomic E-state index is 0.0746. The molecule has 0 atom stereocenters. The van der Waals surface area contributed by atoms with Gasteiger partial charge in [0.15, 0.2) is 5.78 Å². The van der Waals surface area contributed by atoms with Crippen molar-refractivity contribution in [3.63, 3.8) is 0 Å². The molecule has 1 aromatic carbocycles. The lowest BCUT2D eigenvalue weighted by Gasteiger charge is -2.04. The molecule has 0 aliphatic heterocycles. The number of anilines is 1. The van der Waals surface area contributed by atoms with E-state index in [0.29, 0.717) is 6.42 Å². The second-order valence-electron chi connectivity index (χ2n) is 3.02. The fraction of sp³-hybridized carbons (Fsp3) is 0.250. The van der Waals surface area contributed by atoms with E-state index in [9.17, 15) is 4.79 Å². The number of ketones is 1. The smallest absolute Gasteiger partial charge is 0.159 e. The van der Waals surface area contributed by atoms with Crippen LogP contribution in [0, 0.1) is 12.3 Å². The summed E-state index contributed by atoms with van der Waals surface area (Å²) < 4.78 is 0. The van der Waals surface area contributed by atoms with Crippen molar-refractivity contribution in [3.05, 3.63) is 29.8 Å². The van der Waals surface area contributed by atoms with Crippen LogP contribution in [-0.4, -0.2) is 12.3 Å². The Morgan fingerprint density at radius 3 is 3.00 bits per heavy atom. The van der Waals surface area contributed by atoms with Crippen molar-refractivity contribution in [2.24, 2.45) is 0 Å². The highest BCUT2D eigenvalue weighted by Gasteiger charge is 1.98. The molecule has 1 rings (SSSR count). The molecule has 0 saturated heterocycles. The fourth-order valence-corrected chi connectivity index (χ4v) is 1.13. The minimum Gasteiger partial charge on any atom is -0.384 e. The fourth-order valence-electron chi connectivity index (χ4n) is 1.13. The molecule has 2 heteroatoms. The molecular formula is C12H13NO. The SMILES string of the molecule is C#CCCNc1cccc(C(C)=O)c1. The zero-order chi connectivity index (χ0) is 10.4. The predicted molar refractivity (Wildman–Crippen MR) is 58.4 cm³/mol. The van der Waals surface area contributed by atoms with E-state index in [4.69, 9.17) is 6.42 Å². The van der Waals surface area contributed by atoms with Crippen molar-refractivity contribution in [3.8, 4) is 12.3 Å². The summed E-state index contributed by atoms with van der Waals surface area (Å²) in [5.74, 6) is 2.62. The highest BCUT2D eigenvalue weighted by Crippen LogP contribution is 2.10. The molecule has 1 aromatic rings. The minimum absolute atomic E-state index is 0.0746. The van der Waals surface area contributed by atoms with Crippen molar-refractivity contribution < 1.29 is 4.79 Å². The number of carbonyl (C=O) groups is 1. The van der Waals surface area contributed by atoms with E-state index < -0.39 is 0 Å². The summed E-state index contributed by atoms with van der Waals surface area (Å²) in [5, 5.41) is 3.15. The summed E-state index contributed by atoms with van der Waals surface area (Å²) in [7, 11) is 0. The van der Waals surface area contributed by atoms with Gasteiger partial charge in [-0.05, 0) is 19.1 Å². The van der Waals surface area contributed by atoms with Crippen LogP contribution in [-0.2, 0) is 0 Å². The van der Waals surface area contributed by atoms with Gasteiger partial charge in [0.2, 0.25) is 0 Å². The van der Waals surface area contributed by atoms with Crippen molar-refractivity contribution in [2.45, 2.75) is 13.3 Å². The topological polar surface area (TPSA) is 29.1 Å². The van der Waals surface area contributed by atoms with E-state index in [2.05, 4.69) is 11.2 Å². The van der Waals surface area contributed by atoms with Crippen LogP contribution in [0.2, 0.25) is 0 Å². The molecule has 0 fully saturated rings. The first-order valence-corrected chi connectivity index (χ1v) is 4.52. The van der Waals surface area contributed by atoms with Gasteiger partial charge in [0.05, 0.1) is 0 Å². The second kappa shape index (κ2) is 5.08. The van der Waals surface area contributed by atoms with Gasteiger partial charge in [0.25, 0.3) is 0 Å². The van der Waals surface area contributed by atoms with Crippen LogP contribution in [0.5, 0.6) is 0 Å². The maximum absolute atomic E-state index is 11.1. The lowest BCUT2D eigenvalue weighted by atomic mass is 10.1. The standard InChI is InChI=1S/C12H13NO/c1-3-4-8-13-12-7-5-6-11(9-12)10(2)14/h1,5-7,9,13H,4,8H2,2H3. The Morgan fingerprint density at radius 2 is 2.36 bits per heavy atom. The molecule has 0 saturated carbocycles. The molecule has 1 N–H and O–H groups in total. The average Bonchev–Trinajstić information content (AvgIpc) is 2.19. The summed E-state index contributed by atoms with van der Waals surface area (Å²) >= 11 is 0. The normalized spacial score (nSPS) is 9.14. The summed E-state index contributed by atoms with van der Waals surface area (Å²) in [4.78, 5) is 11.1. The van der Waals surface area contributed by atoms with E-state index in [0.717, 1.165) is 17.8 Å². The Morgan fingerprint density at radius 1 is 1.57 bits per heavy atom. The number of Topliss-reactive ketones (excluding diaryl/α,β-unsaturated/α-hetero) is 1. The van der Waals surface area contributed by atoms with Crippen LogP contribution in [0.3, 0.4) is 0 Å². The molecule has 0 radical (unpaired) electrons. The van der Waals surface area contributed by atoms with Crippen molar-refractivity contribution in [1.82, 2.24) is 0 Å². The second-order valence-corrected chi connectivity index (χ2v) is 3.02.